The molecular formula is C23H29N5O2. The topological polar surface area (TPSA) is 104 Å². The molecule has 1 atom stereocenters. The Morgan fingerprint density at radius 1 is 1.03 bits per heavy atom. The molecule has 0 bridgehead atoms. The van der Waals surface area contributed by atoms with Gasteiger partial charge in [-0.05, 0) is 54.0 Å². The fourth-order valence-corrected chi connectivity index (χ4v) is 3.91. The molecule has 0 aliphatic rings. The van der Waals surface area contributed by atoms with Gasteiger partial charge >= 0.3 is 0 Å². The molecule has 0 saturated carbocycles. The van der Waals surface area contributed by atoms with Crippen molar-refractivity contribution < 1.29 is 9.59 Å². The molecule has 1 aromatic carbocycles. The largest absolute Gasteiger partial charge is 0.365 e. The summed E-state index contributed by atoms with van der Waals surface area (Å²) in [5.41, 5.74) is 3.35. The highest BCUT2D eigenvalue weighted by Gasteiger charge is 2.24. The molecule has 7 nitrogen and oxygen atoms in total. The van der Waals surface area contributed by atoms with E-state index < -0.39 is 11.6 Å². The maximum absolute atomic E-state index is 12.4. The molecule has 3 aromatic rings. The summed E-state index contributed by atoms with van der Waals surface area (Å²) in [5.74, 6) is -1.04. The number of H-pyrrole nitrogens is 2. The second-order valence-electron chi connectivity index (χ2n) is 7.65. The molecular weight excluding hydrogens is 378 g/mol. The smallest absolute Gasteiger partial charge is 0.269 e. The number of Topliss-reactive ketones (excluding diaryl/α,β-unsaturated/α-hetero) is 2. The number of aromatic nitrogens is 5. The Hall–Kier alpha value is -3.09. The van der Waals surface area contributed by atoms with Crippen molar-refractivity contribution in [2.75, 3.05) is 0 Å². The number of rotatable bonds is 13. The summed E-state index contributed by atoms with van der Waals surface area (Å²) in [6.45, 7) is 2.18. The first kappa shape index (κ1) is 21.6. The lowest BCUT2D eigenvalue weighted by Gasteiger charge is -2.17. The van der Waals surface area contributed by atoms with E-state index in [1.54, 1.807) is 0 Å². The van der Waals surface area contributed by atoms with Crippen molar-refractivity contribution in [3.05, 3.63) is 65.2 Å². The number of carbonyl (C=O) groups is 2. The van der Waals surface area contributed by atoms with E-state index >= 15 is 0 Å². The molecule has 2 aromatic heterocycles. The minimum Gasteiger partial charge on any atom is -0.365 e. The van der Waals surface area contributed by atoms with Crippen molar-refractivity contribution in [2.45, 2.75) is 64.2 Å². The number of hydrogen-bond donors (Lipinski definition) is 2. The molecule has 0 aliphatic carbocycles. The predicted molar refractivity (Wildman–Crippen MR) is 114 cm³/mol. The molecule has 2 heterocycles. The van der Waals surface area contributed by atoms with Crippen LogP contribution in [0.5, 0.6) is 0 Å². The molecule has 0 radical (unpaired) electrons. The molecule has 7 heteroatoms. The zero-order chi connectivity index (χ0) is 21.2. The maximum atomic E-state index is 12.4. The first-order valence-electron chi connectivity index (χ1n) is 10.7. The van der Waals surface area contributed by atoms with Gasteiger partial charge in [-0.2, -0.15) is 5.21 Å². The molecule has 2 N–H and O–H groups in total. The molecule has 158 valence electrons. The van der Waals surface area contributed by atoms with E-state index in [4.69, 9.17) is 0 Å². The standard InChI is InChI=1S/C23H29N5O2/c1-2-9-18(13-8-4-7-12-17-10-5-3-6-11-17)21-19(14-15-24-21)16-20(29)22(30)23-25-27-28-26-23/h3,5-6,10-11,14-15,18,24H,2,4,7-9,12-13,16H2,1H3,(H,25,26,27,28). The van der Waals surface area contributed by atoms with Crippen LogP contribution in [-0.4, -0.2) is 37.2 Å². The fraction of sp³-hybridized carbons (Fsp3) is 0.435. The minimum absolute atomic E-state index is 0.0560. The van der Waals surface area contributed by atoms with Gasteiger partial charge in [0.25, 0.3) is 5.78 Å². The zero-order valence-corrected chi connectivity index (χ0v) is 17.4. The van der Waals surface area contributed by atoms with Crippen LogP contribution in [0.1, 0.15) is 78.8 Å². The number of nitrogens with zero attached hydrogens (tertiary/aromatic N) is 3. The van der Waals surface area contributed by atoms with Gasteiger partial charge in [-0.15, -0.1) is 10.2 Å². The maximum Gasteiger partial charge on any atom is 0.269 e. The van der Waals surface area contributed by atoms with Crippen molar-refractivity contribution in [3.63, 3.8) is 0 Å². The number of nitrogens with one attached hydrogen (secondary N) is 2. The third kappa shape index (κ3) is 5.95. The van der Waals surface area contributed by atoms with Gasteiger partial charge in [0.1, 0.15) is 0 Å². The normalized spacial score (nSPS) is 12.0. The first-order valence-corrected chi connectivity index (χ1v) is 10.7. The van der Waals surface area contributed by atoms with Gasteiger partial charge < -0.3 is 4.98 Å². The Morgan fingerprint density at radius 2 is 1.87 bits per heavy atom. The highest BCUT2D eigenvalue weighted by Crippen LogP contribution is 2.29. The van der Waals surface area contributed by atoms with Crippen LogP contribution in [0, 0.1) is 0 Å². The molecule has 3 rings (SSSR count). The van der Waals surface area contributed by atoms with Crippen molar-refractivity contribution >= 4 is 11.6 Å². The first-order chi connectivity index (χ1) is 14.7. The van der Waals surface area contributed by atoms with Crippen LogP contribution >= 0.6 is 0 Å². The van der Waals surface area contributed by atoms with Gasteiger partial charge in [0.15, 0.2) is 0 Å². The van der Waals surface area contributed by atoms with Crippen LogP contribution < -0.4 is 0 Å². The van der Waals surface area contributed by atoms with E-state index in [2.05, 4.69) is 56.8 Å². The van der Waals surface area contributed by atoms with Crippen LogP contribution in [0.25, 0.3) is 0 Å². The quantitative estimate of drug-likeness (QED) is 0.251. The average Bonchev–Trinajstić information content (AvgIpc) is 3.45. The second kappa shape index (κ2) is 11.2. The van der Waals surface area contributed by atoms with Crippen LogP contribution in [-0.2, 0) is 17.6 Å². The number of aryl methyl sites for hydroxylation is 1. The Kier molecular flexibility index (Phi) is 8.06. The van der Waals surface area contributed by atoms with E-state index in [-0.39, 0.29) is 12.2 Å². The summed E-state index contributed by atoms with van der Waals surface area (Å²) < 4.78 is 0. The van der Waals surface area contributed by atoms with E-state index in [0.717, 1.165) is 43.4 Å². The van der Waals surface area contributed by atoms with Crippen LogP contribution in [0.3, 0.4) is 0 Å². The van der Waals surface area contributed by atoms with Crippen molar-refractivity contribution in [1.29, 1.82) is 0 Å². The molecule has 0 amide bonds. The third-order valence-electron chi connectivity index (χ3n) is 5.43. The third-order valence-corrected chi connectivity index (χ3v) is 5.43. The number of tetrazole rings is 1. The van der Waals surface area contributed by atoms with E-state index in [0.29, 0.717) is 5.92 Å². The fourth-order valence-electron chi connectivity index (χ4n) is 3.91. The van der Waals surface area contributed by atoms with Gasteiger partial charge in [-0.25, -0.2) is 0 Å². The molecule has 0 spiro atoms. The van der Waals surface area contributed by atoms with Crippen LogP contribution in [0.2, 0.25) is 0 Å². The lowest BCUT2D eigenvalue weighted by Crippen LogP contribution is -2.19. The van der Waals surface area contributed by atoms with Gasteiger partial charge in [0, 0.05) is 18.3 Å². The summed E-state index contributed by atoms with van der Waals surface area (Å²) in [5, 5.41) is 12.8. The van der Waals surface area contributed by atoms with Crippen molar-refractivity contribution in [2.24, 2.45) is 0 Å². The SMILES string of the molecule is CCCC(CCCCCc1ccccc1)c1[nH]ccc1CC(=O)C(=O)c1nn[nH]n1. The van der Waals surface area contributed by atoms with Gasteiger partial charge in [0.2, 0.25) is 11.6 Å². The average molecular weight is 408 g/mol. The highest BCUT2D eigenvalue weighted by molar-refractivity contribution is 6.43. The molecule has 0 aliphatic heterocycles. The van der Waals surface area contributed by atoms with Gasteiger partial charge in [0.05, 0.1) is 0 Å². The Bertz CT molecular complexity index is 918. The number of benzene rings is 1. The predicted octanol–water partition coefficient (Wildman–Crippen LogP) is 4.21. The summed E-state index contributed by atoms with van der Waals surface area (Å²) in [4.78, 5) is 27.9. The Morgan fingerprint density at radius 3 is 2.60 bits per heavy atom. The molecule has 1 unspecified atom stereocenters. The van der Waals surface area contributed by atoms with Crippen LogP contribution in [0.4, 0.5) is 0 Å². The van der Waals surface area contributed by atoms with Crippen molar-refractivity contribution in [3.8, 4) is 0 Å². The minimum atomic E-state index is -0.705. The summed E-state index contributed by atoms with van der Waals surface area (Å²) in [6.07, 6.45) is 9.73. The number of hydrogen-bond acceptors (Lipinski definition) is 5. The molecule has 30 heavy (non-hydrogen) atoms. The van der Waals surface area contributed by atoms with E-state index in [1.807, 2.05) is 18.3 Å². The summed E-state index contributed by atoms with van der Waals surface area (Å²) in [6, 6.07) is 12.5. The summed E-state index contributed by atoms with van der Waals surface area (Å²) >= 11 is 0. The lowest BCUT2D eigenvalue weighted by molar-refractivity contribution is -0.114. The van der Waals surface area contributed by atoms with Gasteiger partial charge in [-0.1, -0.05) is 56.5 Å². The Labute approximate surface area is 176 Å². The van der Waals surface area contributed by atoms with Crippen molar-refractivity contribution in [1.82, 2.24) is 25.6 Å². The number of aromatic amines is 2. The molecule has 0 saturated heterocycles. The lowest BCUT2D eigenvalue weighted by atomic mass is 9.89. The number of ketones is 2. The second-order valence-corrected chi connectivity index (χ2v) is 7.65. The van der Waals surface area contributed by atoms with Crippen LogP contribution in [0.15, 0.2) is 42.6 Å². The van der Waals surface area contributed by atoms with Gasteiger partial charge in [-0.3, -0.25) is 9.59 Å². The van der Waals surface area contributed by atoms with E-state index in [9.17, 15) is 9.59 Å². The summed E-state index contributed by atoms with van der Waals surface area (Å²) in [7, 11) is 0. The number of carbonyl (C=O) groups excluding carboxylic acids is 2. The molecule has 0 fully saturated rings. The number of unbranched alkanes of at least 4 members (excludes halogenated alkanes) is 2. The Balaban J connectivity index is 1.53. The van der Waals surface area contributed by atoms with E-state index in [1.165, 1.54) is 18.4 Å². The monoisotopic (exact) mass is 407 g/mol. The highest BCUT2D eigenvalue weighted by atomic mass is 16.2. The zero-order valence-electron chi connectivity index (χ0n) is 17.4.